The number of para-hydroxylation sites is 1. The summed E-state index contributed by atoms with van der Waals surface area (Å²) in [6.07, 6.45) is 0. The quantitative estimate of drug-likeness (QED) is 0.688. The largest absolute Gasteiger partial charge is 0.476 e. The Morgan fingerprint density at radius 3 is 2.74 bits per heavy atom. The van der Waals surface area contributed by atoms with Crippen molar-refractivity contribution in [2.24, 2.45) is 0 Å². The monoisotopic (exact) mass is 280 g/mol. The Morgan fingerprint density at radius 2 is 2.05 bits per heavy atom. The predicted octanol–water partition coefficient (Wildman–Crippen LogP) is 0.226. The molecular formula is C12H12N2O4S. The highest BCUT2D eigenvalue weighted by Crippen LogP contribution is 2.36. The number of carbonyl (C=O) groups is 1. The number of amides is 1. The molecule has 0 unspecified atom stereocenters. The van der Waals surface area contributed by atoms with Crippen molar-refractivity contribution in [2.45, 2.75) is 4.90 Å². The van der Waals surface area contributed by atoms with E-state index in [1.807, 2.05) is 0 Å². The first-order valence-electron chi connectivity index (χ1n) is 5.76. The van der Waals surface area contributed by atoms with Crippen molar-refractivity contribution in [3.8, 4) is 0 Å². The smallest absolute Gasteiger partial charge is 0.275 e. The lowest BCUT2D eigenvalue weighted by atomic mass is 10.3. The maximum absolute atomic E-state index is 12.5. The summed E-state index contributed by atoms with van der Waals surface area (Å²) >= 11 is 0. The topological polar surface area (TPSA) is 75.7 Å². The zero-order chi connectivity index (χ0) is 13.6. The molecule has 0 atom stereocenters. The van der Waals surface area contributed by atoms with Crippen LogP contribution >= 0.6 is 0 Å². The van der Waals surface area contributed by atoms with Gasteiger partial charge in [-0.15, -0.1) is 0 Å². The number of sulfone groups is 1. The molecule has 2 aliphatic heterocycles. The Balaban J connectivity index is 2.31. The summed E-state index contributed by atoms with van der Waals surface area (Å²) in [6.45, 7) is 0.847. The van der Waals surface area contributed by atoms with Crippen LogP contribution < -0.4 is 10.2 Å². The first-order valence-corrected chi connectivity index (χ1v) is 7.25. The van der Waals surface area contributed by atoms with Crippen LogP contribution in [-0.4, -0.2) is 34.5 Å². The number of nitrogens with one attached hydrogen (secondary N) is 1. The van der Waals surface area contributed by atoms with Gasteiger partial charge in [-0.1, -0.05) is 12.1 Å². The molecule has 0 bridgehead atoms. The van der Waals surface area contributed by atoms with Gasteiger partial charge in [0.2, 0.25) is 15.7 Å². The molecule has 7 heteroatoms. The van der Waals surface area contributed by atoms with Gasteiger partial charge in [0.1, 0.15) is 6.61 Å². The molecule has 0 saturated carbocycles. The van der Waals surface area contributed by atoms with E-state index in [1.165, 1.54) is 11.0 Å². The van der Waals surface area contributed by atoms with E-state index in [0.717, 1.165) is 0 Å². The molecule has 1 aromatic rings. The van der Waals surface area contributed by atoms with Crippen molar-refractivity contribution in [1.29, 1.82) is 0 Å². The molecule has 0 aromatic heterocycles. The standard InChI is InChI=1S/C12H12N2O4S/c1-14-8-4-2-3-5-9(8)19(16,17)10(12(14)15)11-13-6-7-18-11/h2-5,13H,6-7H2,1H3/b11-10+. The highest BCUT2D eigenvalue weighted by molar-refractivity contribution is 7.96. The number of hydrogen-bond donors (Lipinski definition) is 1. The predicted molar refractivity (Wildman–Crippen MR) is 68.0 cm³/mol. The average molecular weight is 280 g/mol. The summed E-state index contributed by atoms with van der Waals surface area (Å²) in [5, 5.41) is 2.79. The van der Waals surface area contributed by atoms with Crippen LogP contribution in [-0.2, 0) is 19.4 Å². The summed E-state index contributed by atoms with van der Waals surface area (Å²) in [7, 11) is -2.30. The lowest BCUT2D eigenvalue weighted by molar-refractivity contribution is -0.114. The molecule has 0 spiro atoms. The number of fused-ring (bicyclic) bond motifs is 1. The van der Waals surface area contributed by atoms with E-state index >= 15 is 0 Å². The third kappa shape index (κ3) is 1.61. The third-order valence-electron chi connectivity index (χ3n) is 3.12. The summed E-state index contributed by atoms with van der Waals surface area (Å²) in [6, 6.07) is 6.42. The molecule has 0 radical (unpaired) electrons. The average Bonchev–Trinajstić information content (AvgIpc) is 2.90. The molecule has 6 nitrogen and oxygen atoms in total. The Hall–Kier alpha value is -2.02. The van der Waals surface area contributed by atoms with Gasteiger partial charge in [-0.2, -0.15) is 0 Å². The van der Waals surface area contributed by atoms with Crippen LogP contribution in [0.1, 0.15) is 0 Å². The fourth-order valence-corrected chi connectivity index (χ4v) is 3.88. The molecule has 100 valence electrons. The van der Waals surface area contributed by atoms with E-state index in [1.54, 1.807) is 25.2 Å². The summed E-state index contributed by atoms with van der Waals surface area (Å²) < 4.78 is 30.2. The molecule has 0 aliphatic carbocycles. The first-order chi connectivity index (χ1) is 9.03. The van der Waals surface area contributed by atoms with Crippen molar-refractivity contribution in [3.63, 3.8) is 0 Å². The lowest BCUT2D eigenvalue weighted by Gasteiger charge is -2.27. The van der Waals surface area contributed by atoms with Gasteiger partial charge in [0.25, 0.3) is 5.91 Å². The molecule has 1 fully saturated rings. The van der Waals surface area contributed by atoms with Gasteiger partial charge in [0.15, 0.2) is 4.91 Å². The van der Waals surface area contributed by atoms with Crippen LogP contribution in [0.4, 0.5) is 5.69 Å². The number of likely N-dealkylation sites (N-methyl/N-ethyl adjacent to an activating group) is 1. The molecule has 2 heterocycles. The van der Waals surface area contributed by atoms with Crippen molar-refractivity contribution >= 4 is 21.4 Å². The fraction of sp³-hybridized carbons (Fsp3) is 0.250. The molecule has 2 aliphatic rings. The van der Waals surface area contributed by atoms with Gasteiger partial charge < -0.3 is 15.0 Å². The van der Waals surface area contributed by atoms with Gasteiger partial charge in [-0.25, -0.2) is 8.42 Å². The van der Waals surface area contributed by atoms with Crippen LogP contribution in [0.5, 0.6) is 0 Å². The van der Waals surface area contributed by atoms with E-state index in [0.29, 0.717) is 18.8 Å². The minimum atomic E-state index is -3.85. The van der Waals surface area contributed by atoms with Crippen LogP contribution in [0, 0.1) is 0 Å². The van der Waals surface area contributed by atoms with Crippen molar-refractivity contribution in [1.82, 2.24) is 5.32 Å². The Labute approximate surface area is 110 Å². The molecule has 1 amide bonds. The molecule has 19 heavy (non-hydrogen) atoms. The fourth-order valence-electron chi connectivity index (χ4n) is 2.18. The van der Waals surface area contributed by atoms with E-state index in [2.05, 4.69) is 5.32 Å². The molecular weight excluding hydrogens is 268 g/mol. The number of anilines is 1. The normalized spacial score (nSPS) is 24.7. The van der Waals surface area contributed by atoms with E-state index < -0.39 is 15.7 Å². The van der Waals surface area contributed by atoms with Crippen molar-refractivity contribution < 1.29 is 17.9 Å². The maximum Gasteiger partial charge on any atom is 0.275 e. The second kappa shape index (κ2) is 3.99. The van der Waals surface area contributed by atoms with Crippen LogP contribution in [0.3, 0.4) is 0 Å². The zero-order valence-corrected chi connectivity index (χ0v) is 11.0. The number of ether oxygens (including phenoxy) is 1. The number of carbonyl (C=O) groups excluding carboxylic acids is 1. The summed E-state index contributed by atoms with van der Waals surface area (Å²) in [5.41, 5.74) is 0.384. The highest BCUT2D eigenvalue weighted by atomic mass is 32.2. The SMILES string of the molecule is CN1C(=O)/C(=C2/NCCO2)S(=O)(=O)c2ccccc21. The second-order valence-corrected chi connectivity index (χ2v) is 6.12. The van der Waals surface area contributed by atoms with Gasteiger partial charge in [-0.05, 0) is 12.1 Å². The van der Waals surface area contributed by atoms with Crippen molar-refractivity contribution in [2.75, 3.05) is 25.1 Å². The van der Waals surface area contributed by atoms with Gasteiger partial charge in [-0.3, -0.25) is 4.79 Å². The second-order valence-electron chi connectivity index (χ2n) is 4.27. The van der Waals surface area contributed by atoms with Crippen molar-refractivity contribution in [3.05, 3.63) is 35.1 Å². The van der Waals surface area contributed by atoms with Gasteiger partial charge in [0.05, 0.1) is 17.1 Å². The molecule has 1 aromatic carbocycles. The minimum absolute atomic E-state index is 0.0475. The zero-order valence-electron chi connectivity index (χ0n) is 10.2. The van der Waals surface area contributed by atoms with Crippen LogP contribution in [0.15, 0.2) is 39.9 Å². The van der Waals surface area contributed by atoms with Gasteiger partial charge >= 0.3 is 0 Å². The lowest BCUT2D eigenvalue weighted by Crippen LogP contribution is -2.38. The van der Waals surface area contributed by atoms with Crippen LogP contribution in [0.2, 0.25) is 0 Å². The van der Waals surface area contributed by atoms with E-state index in [4.69, 9.17) is 4.74 Å². The minimum Gasteiger partial charge on any atom is -0.476 e. The Morgan fingerprint density at radius 1 is 1.32 bits per heavy atom. The van der Waals surface area contributed by atoms with Gasteiger partial charge in [0, 0.05) is 7.05 Å². The highest BCUT2D eigenvalue weighted by Gasteiger charge is 2.42. The third-order valence-corrected chi connectivity index (χ3v) is 4.95. The van der Waals surface area contributed by atoms with E-state index in [-0.39, 0.29) is 15.7 Å². The van der Waals surface area contributed by atoms with Crippen LogP contribution in [0.25, 0.3) is 0 Å². The Kier molecular flexibility index (Phi) is 2.53. The number of rotatable bonds is 0. The number of benzene rings is 1. The summed E-state index contributed by atoms with van der Waals surface area (Å²) in [5.74, 6) is -0.533. The maximum atomic E-state index is 12.5. The summed E-state index contributed by atoms with van der Waals surface area (Å²) in [4.78, 5) is 13.4. The molecule has 1 saturated heterocycles. The Bertz CT molecular complexity index is 685. The van der Waals surface area contributed by atoms with E-state index in [9.17, 15) is 13.2 Å². The number of hydrogen-bond acceptors (Lipinski definition) is 5. The number of nitrogens with zero attached hydrogens (tertiary/aromatic N) is 1. The first kappa shape index (κ1) is 12.0. The molecule has 1 N–H and O–H groups in total. The molecule has 3 rings (SSSR count).